The topological polar surface area (TPSA) is 49.4 Å². The summed E-state index contributed by atoms with van der Waals surface area (Å²) >= 11 is 0. The predicted molar refractivity (Wildman–Crippen MR) is 128 cm³/mol. The summed E-state index contributed by atoms with van der Waals surface area (Å²) in [6, 6.07) is 0.511. The van der Waals surface area contributed by atoms with E-state index in [-0.39, 0.29) is 28.7 Å². The van der Waals surface area contributed by atoms with Crippen LogP contribution in [-0.2, 0) is 15.8 Å². The Bertz CT molecular complexity index is 1190. The van der Waals surface area contributed by atoms with E-state index in [1.54, 1.807) is 0 Å². The molecule has 2 unspecified atom stereocenters. The Balaban J connectivity index is 1.39. The maximum Gasteiger partial charge on any atom is 0.419 e. The third-order valence-corrected chi connectivity index (χ3v) is 10.2. The number of hydrogen-bond donors (Lipinski definition) is 1. The van der Waals surface area contributed by atoms with Gasteiger partial charge in [-0.2, -0.15) is 13.2 Å². The fourth-order valence-corrected chi connectivity index (χ4v) is 8.62. The summed E-state index contributed by atoms with van der Waals surface area (Å²) in [7, 11) is 1.87. The molecule has 5 rings (SSSR count). The molecule has 1 aromatic carbocycles. The van der Waals surface area contributed by atoms with E-state index in [2.05, 4.69) is 26.1 Å². The van der Waals surface area contributed by atoms with Crippen LogP contribution < -0.4 is 5.32 Å². The molecule has 4 aliphatic rings. The van der Waals surface area contributed by atoms with Crippen molar-refractivity contribution >= 4 is 17.5 Å². The molecular weight excluding hydrogens is 491 g/mol. The van der Waals surface area contributed by atoms with Crippen LogP contribution in [0.3, 0.4) is 0 Å². The normalized spacial score (nSPS) is 35.7. The molecule has 6 atom stereocenters. The maximum atomic E-state index is 14.4. The summed E-state index contributed by atoms with van der Waals surface area (Å²) in [5.41, 5.74) is -0.341. The molecule has 0 radical (unpaired) electrons. The number of anilines is 1. The van der Waals surface area contributed by atoms with Crippen molar-refractivity contribution in [3.8, 4) is 0 Å². The molecule has 1 saturated heterocycles. The third kappa shape index (κ3) is 3.90. The van der Waals surface area contributed by atoms with Gasteiger partial charge in [0.15, 0.2) is 0 Å². The zero-order valence-electron chi connectivity index (χ0n) is 21.6. The average Bonchev–Trinajstić information content (AvgIpc) is 3.15. The Kier molecular flexibility index (Phi) is 6.03. The number of carbonyl (C=O) groups excluding carboxylic acids is 2. The number of amides is 2. The highest BCUT2D eigenvalue weighted by molar-refractivity contribution is 5.93. The number of likely N-dealkylation sites (tertiary alicyclic amines) is 1. The van der Waals surface area contributed by atoms with Gasteiger partial charge in [-0.1, -0.05) is 19.4 Å². The van der Waals surface area contributed by atoms with Crippen LogP contribution >= 0.6 is 0 Å². The molecule has 202 valence electrons. The van der Waals surface area contributed by atoms with Gasteiger partial charge in [0, 0.05) is 36.6 Å². The molecule has 2 amide bonds. The number of hydrogen-bond acceptors (Lipinski definition) is 2. The summed E-state index contributed by atoms with van der Waals surface area (Å²) in [6.07, 6.45) is 0.285. The molecule has 0 bridgehead atoms. The average molecular weight is 525 g/mol. The Labute approximate surface area is 213 Å². The molecule has 2 saturated carbocycles. The van der Waals surface area contributed by atoms with Crippen molar-refractivity contribution in [3.63, 3.8) is 0 Å². The first-order valence-electron chi connectivity index (χ1n) is 13.0. The summed E-state index contributed by atoms with van der Waals surface area (Å²) in [4.78, 5) is 27.6. The first-order chi connectivity index (χ1) is 17.2. The van der Waals surface area contributed by atoms with Gasteiger partial charge in [0.05, 0.1) is 11.3 Å². The van der Waals surface area contributed by atoms with E-state index in [9.17, 15) is 31.5 Å². The molecule has 1 N–H and O–H groups in total. The smallest absolute Gasteiger partial charge is 0.323 e. The minimum atomic E-state index is -5.03. The van der Waals surface area contributed by atoms with Crippen molar-refractivity contribution in [2.45, 2.75) is 71.9 Å². The zero-order chi connectivity index (χ0) is 27.1. The van der Waals surface area contributed by atoms with Gasteiger partial charge in [-0.05, 0) is 74.7 Å². The highest BCUT2D eigenvalue weighted by Crippen LogP contribution is 2.67. The lowest BCUT2D eigenvalue weighted by atomic mass is 9.48. The van der Waals surface area contributed by atoms with E-state index in [1.807, 2.05) is 11.9 Å². The van der Waals surface area contributed by atoms with Gasteiger partial charge in [-0.15, -0.1) is 0 Å². The summed E-state index contributed by atoms with van der Waals surface area (Å²) in [5, 5.41) is 2.40. The SMILES string of the molecule is CC1=C2N(C)C(=O)CC[C@]2(C)C2CC[C@]3(C)[C@@H](C(=O)Nc4cc(F)c(C(F)(F)F)cc4F)CC[C@H]3C2C1. The molecule has 0 aromatic heterocycles. The Morgan fingerprint density at radius 1 is 1.05 bits per heavy atom. The number of piperidine rings is 1. The number of rotatable bonds is 2. The first-order valence-corrected chi connectivity index (χ1v) is 13.0. The largest absolute Gasteiger partial charge is 0.419 e. The van der Waals surface area contributed by atoms with E-state index in [4.69, 9.17) is 0 Å². The van der Waals surface area contributed by atoms with Crippen molar-refractivity contribution in [1.29, 1.82) is 0 Å². The number of halogens is 5. The lowest BCUT2D eigenvalue weighted by Crippen LogP contribution is -2.54. The summed E-state index contributed by atoms with van der Waals surface area (Å²) in [6.45, 7) is 6.48. The van der Waals surface area contributed by atoms with Gasteiger partial charge < -0.3 is 10.2 Å². The van der Waals surface area contributed by atoms with Crippen LogP contribution in [-0.4, -0.2) is 23.8 Å². The van der Waals surface area contributed by atoms with Crippen LogP contribution in [0.5, 0.6) is 0 Å². The fourth-order valence-electron chi connectivity index (χ4n) is 8.62. The number of nitrogens with zero attached hydrogens (tertiary/aromatic N) is 1. The van der Waals surface area contributed by atoms with Gasteiger partial charge in [0.1, 0.15) is 11.6 Å². The van der Waals surface area contributed by atoms with Crippen molar-refractivity contribution in [2.24, 2.45) is 34.5 Å². The van der Waals surface area contributed by atoms with Crippen LogP contribution in [0, 0.1) is 46.1 Å². The van der Waals surface area contributed by atoms with Gasteiger partial charge in [-0.25, -0.2) is 8.78 Å². The molecule has 3 fully saturated rings. The highest BCUT2D eigenvalue weighted by Gasteiger charge is 2.61. The van der Waals surface area contributed by atoms with Crippen LogP contribution in [0.1, 0.15) is 71.3 Å². The summed E-state index contributed by atoms with van der Waals surface area (Å²) < 4.78 is 67.3. The standard InChI is InChI=1S/C28H33F5N2O2/c1-14-11-15-16-5-6-18(25(37)34-22-13-20(29)19(12-21(22)30)28(31,32)33)26(16,2)9-7-17(15)27(3)10-8-23(36)35(4)24(14)27/h12-13,15-18H,5-11H2,1-4H3,(H,34,37)/t15?,16-,17?,18+,26-,27+/m0/s1. The molecule has 9 heteroatoms. The maximum absolute atomic E-state index is 14.4. The molecule has 1 aliphatic heterocycles. The van der Waals surface area contributed by atoms with Crippen molar-refractivity contribution < 1.29 is 31.5 Å². The Morgan fingerprint density at radius 2 is 1.76 bits per heavy atom. The van der Waals surface area contributed by atoms with E-state index < -0.39 is 40.9 Å². The number of alkyl halides is 3. The third-order valence-electron chi connectivity index (χ3n) is 10.2. The van der Waals surface area contributed by atoms with Crippen molar-refractivity contribution in [1.82, 2.24) is 4.90 Å². The van der Waals surface area contributed by atoms with Gasteiger partial charge >= 0.3 is 6.18 Å². The molecule has 0 spiro atoms. The second-order valence-corrected chi connectivity index (χ2v) is 12.1. The lowest BCUT2D eigenvalue weighted by Gasteiger charge is -2.59. The second-order valence-electron chi connectivity index (χ2n) is 12.1. The van der Waals surface area contributed by atoms with Crippen molar-refractivity contribution in [3.05, 3.63) is 40.6 Å². The van der Waals surface area contributed by atoms with E-state index in [1.165, 1.54) is 5.57 Å². The Hall–Kier alpha value is -2.45. The summed E-state index contributed by atoms with van der Waals surface area (Å²) in [5.74, 6) is -2.70. The number of allylic oxidation sites excluding steroid dienone is 2. The van der Waals surface area contributed by atoms with Crippen LogP contribution in [0.25, 0.3) is 0 Å². The van der Waals surface area contributed by atoms with Gasteiger partial charge in [0.2, 0.25) is 11.8 Å². The number of nitrogens with one attached hydrogen (secondary N) is 1. The van der Waals surface area contributed by atoms with Gasteiger partial charge in [-0.3, -0.25) is 9.59 Å². The van der Waals surface area contributed by atoms with E-state index in [0.717, 1.165) is 37.8 Å². The van der Waals surface area contributed by atoms with Crippen molar-refractivity contribution in [2.75, 3.05) is 12.4 Å². The van der Waals surface area contributed by atoms with Crippen LogP contribution in [0.15, 0.2) is 23.4 Å². The number of carbonyl (C=O) groups is 2. The molecule has 3 aliphatic carbocycles. The fraction of sp³-hybridized carbons (Fsp3) is 0.643. The van der Waals surface area contributed by atoms with Crippen LogP contribution in [0.2, 0.25) is 0 Å². The zero-order valence-corrected chi connectivity index (χ0v) is 21.6. The monoisotopic (exact) mass is 524 g/mol. The van der Waals surface area contributed by atoms with E-state index in [0.29, 0.717) is 30.7 Å². The quantitative estimate of drug-likeness (QED) is 0.427. The molecule has 37 heavy (non-hydrogen) atoms. The van der Waals surface area contributed by atoms with Crippen LogP contribution in [0.4, 0.5) is 27.6 Å². The molecule has 4 nitrogen and oxygen atoms in total. The minimum absolute atomic E-state index is 0.0939. The Morgan fingerprint density at radius 3 is 2.43 bits per heavy atom. The highest BCUT2D eigenvalue weighted by atomic mass is 19.4. The molecule has 1 aromatic rings. The number of benzene rings is 1. The lowest BCUT2D eigenvalue weighted by molar-refractivity contribution is -0.140. The molecule has 1 heterocycles. The molecular formula is C28H33F5N2O2. The predicted octanol–water partition coefficient (Wildman–Crippen LogP) is 6.92. The number of fused-ring (bicyclic) bond motifs is 5. The van der Waals surface area contributed by atoms with Gasteiger partial charge in [0.25, 0.3) is 0 Å². The van der Waals surface area contributed by atoms with E-state index >= 15 is 0 Å². The first kappa shape index (κ1) is 26.2. The second kappa shape index (κ2) is 8.53. The minimum Gasteiger partial charge on any atom is -0.323 e.